The molecule has 0 aromatic rings. The number of piperidine rings is 1. The van der Waals surface area contributed by atoms with Crippen LogP contribution in [0.15, 0.2) is 0 Å². The van der Waals surface area contributed by atoms with E-state index in [2.05, 4.69) is 0 Å². The van der Waals surface area contributed by atoms with E-state index in [1.54, 1.807) is 4.90 Å². The van der Waals surface area contributed by atoms with Crippen molar-refractivity contribution in [1.29, 1.82) is 0 Å². The largest absolute Gasteiger partial charge is 0.481 e. The molecule has 1 heterocycles. The van der Waals surface area contributed by atoms with E-state index in [1.165, 1.54) is 0 Å². The van der Waals surface area contributed by atoms with E-state index in [4.69, 9.17) is 10.8 Å². The molecule has 1 rings (SSSR count). The van der Waals surface area contributed by atoms with Gasteiger partial charge in [0.05, 0.1) is 5.92 Å². The Morgan fingerprint density at radius 3 is 2.31 bits per heavy atom. The summed E-state index contributed by atoms with van der Waals surface area (Å²) < 4.78 is 0. The third-order valence-corrected chi connectivity index (χ3v) is 2.76. The summed E-state index contributed by atoms with van der Waals surface area (Å²) in [4.78, 5) is 24.5. The van der Waals surface area contributed by atoms with E-state index in [9.17, 15) is 9.59 Å². The molecule has 0 saturated carbocycles. The van der Waals surface area contributed by atoms with Crippen molar-refractivity contribution in [1.82, 2.24) is 4.90 Å². The van der Waals surface area contributed by atoms with Gasteiger partial charge >= 0.3 is 5.97 Å². The maximum absolute atomic E-state index is 12.0. The van der Waals surface area contributed by atoms with Gasteiger partial charge in [0.15, 0.2) is 0 Å². The predicted octanol–water partition coefficient (Wildman–Crippen LogP) is 0.293. The van der Waals surface area contributed by atoms with E-state index in [-0.39, 0.29) is 18.5 Å². The number of hydrogen-bond donors (Lipinski definition) is 2. The molecule has 3 N–H and O–H groups in total. The number of aliphatic carboxylic acids is 1. The second kappa shape index (κ2) is 4.41. The topological polar surface area (TPSA) is 83.6 Å². The molecule has 1 aliphatic rings. The van der Waals surface area contributed by atoms with Gasteiger partial charge in [-0.1, -0.05) is 20.8 Å². The molecular formula is C11H20N2O3. The van der Waals surface area contributed by atoms with Crippen LogP contribution in [-0.4, -0.2) is 41.0 Å². The van der Waals surface area contributed by atoms with Crippen LogP contribution in [0.1, 0.15) is 27.2 Å². The summed E-state index contributed by atoms with van der Waals surface area (Å²) in [5.74, 6) is -1.44. The number of likely N-dealkylation sites (tertiary alicyclic amines) is 1. The zero-order valence-electron chi connectivity index (χ0n) is 10.1. The lowest BCUT2D eigenvalue weighted by atomic mass is 9.90. The normalized spacial score (nSPS) is 26.6. The van der Waals surface area contributed by atoms with Crippen molar-refractivity contribution in [2.75, 3.05) is 13.1 Å². The Morgan fingerprint density at radius 2 is 1.88 bits per heavy atom. The quantitative estimate of drug-likeness (QED) is 0.675. The second-order valence-electron chi connectivity index (χ2n) is 5.49. The average molecular weight is 228 g/mol. The average Bonchev–Trinajstić information content (AvgIpc) is 2.14. The maximum atomic E-state index is 12.0. The molecule has 5 nitrogen and oxygen atoms in total. The fraction of sp³-hybridized carbons (Fsp3) is 0.818. The first-order chi connectivity index (χ1) is 7.21. The van der Waals surface area contributed by atoms with Gasteiger partial charge in [0.1, 0.15) is 0 Å². The number of nitrogens with zero attached hydrogens (tertiary/aromatic N) is 1. The van der Waals surface area contributed by atoms with Gasteiger partial charge in [-0.15, -0.1) is 0 Å². The molecule has 1 amide bonds. The minimum atomic E-state index is -0.873. The van der Waals surface area contributed by atoms with Gasteiger partial charge in [-0.25, -0.2) is 0 Å². The lowest BCUT2D eigenvalue weighted by molar-refractivity contribution is -0.148. The highest BCUT2D eigenvalue weighted by Gasteiger charge is 2.35. The molecule has 0 bridgehead atoms. The molecule has 0 aliphatic carbocycles. The van der Waals surface area contributed by atoms with Gasteiger partial charge in [0.25, 0.3) is 0 Å². The molecule has 16 heavy (non-hydrogen) atoms. The summed E-state index contributed by atoms with van der Waals surface area (Å²) in [6.07, 6.45) is 0.448. The first-order valence-electron chi connectivity index (χ1n) is 5.49. The number of carbonyl (C=O) groups excluding carboxylic acids is 1. The standard InChI is InChI=1S/C11H20N2O3/c1-11(2,3)10(16)13-5-7(9(14)15)4-8(12)6-13/h7-8H,4-6,12H2,1-3H3,(H,14,15). The summed E-state index contributed by atoms with van der Waals surface area (Å²) in [6, 6.07) is -0.235. The minimum Gasteiger partial charge on any atom is -0.481 e. The molecule has 0 aromatic heterocycles. The second-order valence-corrected chi connectivity index (χ2v) is 5.49. The lowest BCUT2D eigenvalue weighted by Gasteiger charge is -2.37. The van der Waals surface area contributed by atoms with Gasteiger partial charge in [0.2, 0.25) is 5.91 Å². The molecule has 0 spiro atoms. The lowest BCUT2D eigenvalue weighted by Crippen LogP contribution is -2.53. The highest BCUT2D eigenvalue weighted by atomic mass is 16.4. The van der Waals surface area contributed by atoms with Crippen LogP contribution in [0.3, 0.4) is 0 Å². The molecule has 1 saturated heterocycles. The third kappa shape index (κ3) is 2.95. The van der Waals surface area contributed by atoms with Crippen LogP contribution in [0.25, 0.3) is 0 Å². The van der Waals surface area contributed by atoms with Crippen LogP contribution >= 0.6 is 0 Å². The zero-order valence-corrected chi connectivity index (χ0v) is 10.1. The Kier molecular flexibility index (Phi) is 3.57. The van der Waals surface area contributed by atoms with E-state index in [0.29, 0.717) is 13.0 Å². The minimum absolute atomic E-state index is 0.0334. The van der Waals surface area contributed by atoms with Gasteiger partial charge in [0, 0.05) is 24.5 Å². The number of rotatable bonds is 1. The summed E-state index contributed by atoms with van der Waals surface area (Å²) in [7, 11) is 0. The van der Waals surface area contributed by atoms with Crippen molar-refractivity contribution < 1.29 is 14.7 Å². The Hall–Kier alpha value is -1.10. The highest BCUT2D eigenvalue weighted by molar-refractivity contribution is 5.82. The predicted molar refractivity (Wildman–Crippen MR) is 59.8 cm³/mol. The highest BCUT2D eigenvalue weighted by Crippen LogP contribution is 2.23. The van der Waals surface area contributed by atoms with Gasteiger partial charge in [-0.2, -0.15) is 0 Å². The van der Waals surface area contributed by atoms with Crippen LogP contribution in [0, 0.1) is 11.3 Å². The number of carboxylic acid groups (broad SMARTS) is 1. The van der Waals surface area contributed by atoms with Crippen LogP contribution in [0.4, 0.5) is 0 Å². The van der Waals surface area contributed by atoms with E-state index in [0.717, 1.165) is 0 Å². The summed E-state index contributed by atoms with van der Waals surface area (Å²) >= 11 is 0. The molecule has 0 radical (unpaired) electrons. The van der Waals surface area contributed by atoms with Crippen LogP contribution in [0.2, 0.25) is 0 Å². The summed E-state index contributed by atoms with van der Waals surface area (Å²) in [6.45, 7) is 6.21. The van der Waals surface area contributed by atoms with Crippen LogP contribution < -0.4 is 5.73 Å². The van der Waals surface area contributed by atoms with E-state index >= 15 is 0 Å². The SMILES string of the molecule is CC(C)(C)C(=O)N1CC(N)CC(C(=O)O)C1. The van der Waals surface area contributed by atoms with Crippen molar-refractivity contribution in [2.24, 2.45) is 17.1 Å². The van der Waals surface area contributed by atoms with Crippen molar-refractivity contribution >= 4 is 11.9 Å². The number of carboxylic acids is 1. The third-order valence-electron chi connectivity index (χ3n) is 2.76. The molecule has 2 atom stereocenters. The molecule has 1 fully saturated rings. The monoisotopic (exact) mass is 228 g/mol. The number of nitrogens with two attached hydrogens (primary N) is 1. The van der Waals surface area contributed by atoms with E-state index < -0.39 is 17.3 Å². The smallest absolute Gasteiger partial charge is 0.308 e. The first kappa shape index (κ1) is 13.0. The number of amides is 1. The molecule has 1 aliphatic heterocycles. The Bertz CT molecular complexity index is 296. The molecule has 5 heteroatoms. The van der Waals surface area contributed by atoms with E-state index in [1.807, 2.05) is 20.8 Å². The fourth-order valence-corrected chi connectivity index (χ4v) is 1.96. The Labute approximate surface area is 95.6 Å². The molecule has 0 aromatic carbocycles. The van der Waals surface area contributed by atoms with Crippen molar-refractivity contribution in [3.63, 3.8) is 0 Å². The van der Waals surface area contributed by atoms with Gasteiger partial charge < -0.3 is 15.7 Å². The Morgan fingerprint density at radius 1 is 1.31 bits per heavy atom. The number of hydrogen-bond acceptors (Lipinski definition) is 3. The molecular weight excluding hydrogens is 208 g/mol. The fourth-order valence-electron chi connectivity index (χ4n) is 1.96. The molecule has 2 unspecified atom stereocenters. The maximum Gasteiger partial charge on any atom is 0.308 e. The van der Waals surface area contributed by atoms with Crippen molar-refractivity contribution in [2.45, 2.75) is 33.2 Å². The van der Waals surface area contributed by atoms with Crippen molar-refractivity contribution in [3.8, 4) is 0 Å². The van der Waals surface area contributed by atoms with Crippen molar-refractivity contribution in [3.05, 3.63) is 0 Å². The van der Waals surface area contributed by atoms with Gasteiger partial charge in [-0.3, -0.25) is 9.59 Å². The van der Waals surface area contributed by atoms with Crippen LogP contribution in [0.5, 0.6) is 0 Å². The Balaban J connectivity index is 2.75. The number of carbonyl (C=O) groups is 2. The zero-order chi connectivity index (χ0) is 12.5. The summed E-state index contributed by atoms with van der Waals surface area (Å²) in [5.41, 5.74) is 5.29. The van der Waals surface area contributed by atoms with Gasteiger partial charge in [-0.05, 0) is 6.42 Å². The summed E-state index contributed by atoms with van der Waals surface area (Å²) in [5, 5.41) is 8.96. The first-order valence-corrected chi connectivity index (χ1v) is 5.49. The van der Waals surface area contributed by atoms with Crippen LogP contribution in [-0.2, 0) is 9.59 Å². The molecule has 92 valence electrons.